The summed E-state index contributed by atoms with van der Waals surface area (Å²) in [6.45, 7) is 0. The van der Waals surface area contributed by atoms with E-state index < -0.39 is 11.9 Å². The van der Waals surface area contributed by atoms with Gasteiger partial charge in [-0.25, -0.2) is 19.3 Å². The highest BCUT2D eigenvalue weighted by molar-refractivity contribution is 5.90. The third-order valence-corrected chi connectivity index (χ3v) is 4.60. The Morgan fingerprint density at radius 2 is 1.35 bits per heavy atom. The van der Waals surface area contributed by atoms with Crippen molar-refractivity contribution in [2.45, 2.75) is 0 Å². The van der Waals surface area contributed by atoms with Crippen molar-refractivity contribution in [2.24, 2.45) is 0 Å². The summed E-state index contributed by atoms with van der Waals surface area (Å²) in [5, 5.41) is 43.5. The van der Waals surface area contributed by atoms with E-state index in [-0.39, 0.29) is 39.8 Å². The Bertz CT molecular complexity index is 1310. The maximum Gasteiger partial charge on any atom is 0.335 e. The van der Waals surface area contributed by atoms with Crippen LogP contribution in [-0.4, -0.2) is 47.1 Å². The number of rotatable bonds is 5. The lowest BCUT2D eigenvalue weighted by molar-refractivity contribution is 0.0686. The third-order valence-electron chi connectivity index (χ3n) is 4.60. The fourth-order valence-electron chi connectivity index (χ4n) is 3.04. The molecule has 9 heteroatoms. The average Bonchev–Trinajstić information content (AvgIpc) is 3.19. The first-order valence-corrected chi connectivity index (χ1v) is 9.01. The molecule has 4 aromatic rings. The van der Waals surface area contributed by atoms with Gasteiger partial charge in [0.1, 0.15) is 11.5 Å². The Labute approximate surface area is 175 Å². The molecule has 0 saturated heterocycles. The van der Waals surface area contributed by atoms with E-state index in [0.717, 1.165) is 0 Å². The van der Waals surface area contributed by atoms with Crippen LogP contribution in [0, 0.1) is 0 Å². The summed E-state index contributed by atoms with van der Waals surface area (Å²) in [5.74, 6) is -2.30. The molecule has 0 atom stereocenters. The van der Waals surface area contributed by atoms with E-state index in [0.29, 0.717) is 11.3 Å². The van der Waals surface area contributed by atoms with Gasteiger partial charge >= 0.3 is 11.9 Å². The van der Waals surface area contributed by atoms with Crippen LogP contribution in [0.4, 0.5) is 0 Å². The Morgan fingerprint density at radius 1 is 0.742 bits per heavy atom. The Balaban J connectivity index is 1.95. The molecule has 154 valence electrons. The van der Waals surface area contributed by atoms with E-state index in [1.165, 1.54) is 53.2 Å². The largest absolute Gasteiger partial charge is 0.507 e. The number of benzene rings is 3. The van der Waals surface area contributed by atoms with Gasteiger partial charge in [0.25, 0.3) is 0 Å². The van der Waals surface area contributed by atoms with E-state index in [1.54, 1.807) is 18.2 Å². The lowest BCUT2D eigenvalue weighted by Gasteiger charge is -2.08. The van der Waals surface area contributed by atoms with Crippen LogP contribution in [0.15, 0.2) is 66.7 Å². The van der Waals surface area contributed by atoms with Crippen molar-refractivity contribution in [3.8, 4) is 40.0 Å². The number of phenolic OH excluding ortho intramolecular Hbond substituents is 2. The highest BCUT2D eigenvalue weighted by Crippen LogP contribution is 2.34. The number of carboxylic acid groups (broad SMARTS) is 2. The summed E-state index contributed by atoms with van der Waals surface area (Å²) in [7, 11) is 0. The van der Waals surface area contributed by atoms with Crippen LogP contribution >= 0.6 is 0 Å². The zero-order valence-corrected chi connectivity index (χ0v) is 15.8. The quantitative estimate of drug-likeness (QED) is 0.386. The van der Waals surface area contributed by atoms with E-state index in [2.05, 4.69) is 10.1 Å². The fourth-order valence-corrected chi connectivity index (χ4v) is 3.04. The zero-order chi connectivity index (χ0) is 22.1. The zero-order valence-electron chi connectivity index (χ0n) is 15.8. The SMILES string of the molecule is O=C(O)c1ccc(-n2nc(-c3ccccc3O)nc2-c2cc(C(=O)O)ccc2O)cc1. The lowest BCUT2D eigenvalue weighted by Crippen LogP contribution is -2.03. The molecular formula is C22H15N3O6. The maximum absolute atomic E-state index is 11.4. The second kappa shape index (κ2) is 7.64. The van der Waals surface area contributed by atoms with Crippen LogP contribution in [0.3, 0.4) is 0 Å². The highest BCUT2D eigenvalue weighted by atomic mass is 16.4. The van der Waals surface area contributed by atoms with Crippen LogP contribution in [-0.2, 0) is 0 Å². The van der Waals surface area contributed by atoms with Crippen molar-refractivity contribution < 1.29 is 30.0 Å². The third kappa shape index (κ3) is 3.67. The standard InChI is InChI=1S/C22H15N3O6/c26-17-4-2-1-3-15(17)19-23-20(16-11-13(22(30)31)7-10-18(16)27)25(24-19)14-8-5-12(6-9-14)21(28)29/h1-11,26-27H,(H,28,29)(H,30,31). The second-order valence-electron chi connectivity index (χ2n) is 6.58. The van der Waals surface area contributed by atoms with Crippen molar-refractivity contribution in [1.82, 2.24) is 14.8 Å². The normalized spacial score (nSPS) is 10.7. The van der Waals surface area contributed by atoms with E-state index in [1.807, 2.05) is 0 Å². The van der Waals surface area contributed by atoms with E-state index in [9.17, 15) is 24.9 Å². The Morgan fingerprint density at radius 3 is 2.00 bits per heavy atom. The smallest absolute Gasteiger partial charge is 0.335 e. The molecule has 0 aliphatic rings. The first kappa shape index (κ1) is 19.6. The molecule has 0 spiro atoms. The molecule has 0 fully saturated rings. The summed E-state index contributed by atoms with van der Waals surface area (Å²) < 4.78 is 1.34. The van der Waals surface area contributed by atoms with Crippen molar-refractivity contribution >= 4 is 11.9 Å². The molecule has 0 amide bonds. The predicted molar refractivity (Wildman–Crippen MR) is 109 cm³/mol. The molecule has 0 unspecified atom stereocenters. The summed E-state index contributed by atoms with van der Waals surface area (Å²) >= 11 is 0. The molecule has 3 aromatic carbocycles. The number of hydrogen-bond acceptors (Lipinski definition) is 6. The number of carboxylic acids is 2. The van der Waals surface area contributed by atoms with Gasteiger partial charge in [-0.3, -0.25) is 0 Å². The molecule has 0 bridgehead atoms. The number of hydrogen-bond donors (Lipinski definition) is 4. The topological polar surface area (TPSA) is 146 Å². The Hall–Kier alpha value is -4.66. The summed E-state index contributed by atoms with van der Waals surface area (Å²) in [4.78, 5) is 27.0. The second-order valence-corrected chi connectivity index (χ2v) is 6.58. The number of phenols is 2. The minimum Gasteiger partial charge on any atom is -0.507 e. The molecule has 31 heavy (non-hydrogen) atoms. The summed E-state index contributed by atoms with van der Waals surface area (Å²) in [6.07, 6.45) is 0. The first-order chi connectivity index (χ1) is 14.8. The van der Waals surface area contributed by atoms with Crippen LogP contribution in [0.5, 0.6) is 11.5 Å². The summed E-state index contributed by atoms with van der Waals surface area (Å²) in [6, 6.07) is 16.0. The number of para-hydroxylation sites is 1. The highest BCUT2D eigenvalue weighted by Gasteiger charge is 2.21. The van der Waals surface area contributed by atoms with Crippen LogP contribution in [0.25, 0.3) is 28.5 Å². The monoisotopic (exact) mass is 417 g/mol. The number of carbonyl (C=O) groups is 2. The van der Waals surface area contributed by atoms with Crippen LogP contribution < -0.4 is 0 Å². The molecule has 1 aromatic heterocycles. The first-order valence-electron chi connectivity index (χ1n) is 9.01. The van der Waals surface area contributed by atoms with Gasteiger partial charge in [-0.05, 0) is 54.6 Å². The summed E-state index contributed by atoms with van der Waals surface area (Å²) in [5.41, 5.74) is 0.874. The molecule has 4 rings (SSSR count). The van der Waals surface area contributed by atoms with Gasteiger partial charge < -0.3 is 20.4 Å². The van der Waals surface area contributed by atoms with E-state index >= 15 is 0 Å². The maximum atomic E-state index is 11.4. The van der Waals surface area contributed by atoms with Gasteiger partial charge in [0, 0.05) is 0 Å². The molecule has 1 heterocycles. The number of nitrogens with zero attached hydrogens (tertiary/aromatic N) is 3. The van der Waals surface area contributed by atoms with Crippen molar-refractivity contribution in [3.63, 3.8) is 0 Å². The fraction of sp³-hybridized carbons (Fsp3) is 0. The molecule has 9 nitrogen and oxygen atoms in total. The molecule has 4 N–H and O–H groups in total. The van der Waals surface area contributed by atoms with E-state index in [4.69, 9.17) is 5.11 Å². The average molecular weight is 417 g/mol. The lowest BCUT2D eigenvalue weighted by atomic mass is 10.1. The van der Waals surface area contributed by atoms with Gasteiger partial charge in [0.15, 0.2) is 11.6 Å². The number of aromatic hydroxyl groups is 2. The van der Waals surface area contributed by atoms with Crippen molar-refractivity contribution in [3.05, 3.63) is 77.9 Å². The Kier molecular flexibility index (Phi) is 4.84. The number of aromatic nitrogens is 3. The van der Waals surface area contributed by atoms with Crippen LogP contribution in [0.2, 0.25) is 0 Å². The predicted octanol–water partition coefficient (Wildman–Crippen LogP) is 3.41. The minimum absolute atomic E-state index is 0.0593. The molecule has 0 saturated carbocycles. The molecule has 0 radical (unpaired) electrons. The van der Waals surface area contributed by atoms with Crippen molar-refractivity contribution in [2.75, 3.05) is 0 Å². The van der Waals surface area contributed by atoms with Gasteiger partial charge in [-0.1, -0.05) is 12.1 Å². The molecule has 0 aliphatic heterocycles. The van der Waals surface area contributed by atoms with Gasteiger partial charge in [0.2, 0.25) is 0 Å². The van der Waals surface area contributed by atoms with Gasteiger partial charge in [0.05, 0.1) is 27.9 Å². The van der Waals surface area contributed by atoms with Crippen LogP contribution in [0.1, 0.15) is 20.7 Å². The van der Waals surface area contributed by atoms with Gasteiger partial charge in [-0.15, -0.1) is 5.10 Å². The molecular weight excluding hydrogens is 402 g/mol. The number of aromatic carboxylic acids is 2. The minimum atomic E-state index is -1.18. The van der Waals surface area contributed by atoms with Gasteiger partial charge in [-0.2, -0.15) is 0 Å². The molecule has 0 aliphatic carbocycles. The van der Waals surface area contributed by atoms with Crippen molar-refractivity contribution in [1.29, 1.82) is 0 Å².